The van der Waals surface area contributed by atoms with Gasteiger partial charge in [-0.1, -0.05) is 17.3 Å². The molecule has 0 amide bonds. The minimum absolute atomic E-state index is 0.238. The van der Waals surface area contributed by atoms with Crippen molar-refractivity contribution in [3.63, 3.8) is 0 Å². The molecular formula is C15H18F3N3O. The number of nitrogens with zero attached hydrogens (tertiary/aromatic N) is 2. The van der Waals surface area contributed by atoms with Crippen molar-refractivity contribution >= 4 is 5.71 Å². The summed E-state index contributed by atoms with van der Waals surface area (Å²) in [6.45, 7) is 0.542. The van der Waals surface area contributed by atoms with Gasteiger partial charge < -0.3 is 10.6 Å². The molecule has 2 N–H and O–H groups in total. The molecule has 0 saturated heterocycles. The first-order valence-electron chi connectivity index (χ1n) is 6.92. The molecule has 4 nitrogen and oxygen atoms in total. The van der Waals surface area contributed by atoms with Gasteiger partial charge in [-0.05, 0) is 37.0 Å². The van der Waals surface area contributed by atoms with E-state index in [1.165, 1.54) is 12.1 Å². The molecule has 0 radical (unpaired) electrons. The number of nitriles is 1. The maximum atomic E-state index is 12.6. The van der Waals surface area contributed by atoms with Crippen LogP contribution in [0.1, 0.15) is 36.8 Å². The number of hydrogen-bond acceptors (Lipinski definition) is 4. The highest BCUT2D eigenvalue weighted by molar-refractivity contribution is 6.00. The second-order valence-electron chi connectivity index (χ2n) is 4.60. The smallest absolute Gasteiger partial charge is 0.394 e. The van der Waals surface area contributed by atoms with Crippen LogP contribution in [-0.2, 0) is 11.0 Å². The standard InChI is InChI=1S/C15H18F3N3O/c16-15(17,18)13-7-5-12(6-8-13)14(21-22-11-10-20)4-2-1-3-9-19/h5-8H,1-4,10-11,20H2. The number of nitrogens with two attached hydrogens (primary N) is 1. The third-order valence-corrected chi connectivity index (χ3v) is 2.88. The predicted octanol–water partition coefficient (Wildman–Crippen LogP) is 3.47. The lowest BCUT2D eigenvalue weighted by atomic mass is 10.0. The van der Waals surface area contributed by atoms with Gasteiger partial charge in [0.2, 0.25) is 0 Å². The van der Waals surface area contributed by atoms with Crippen molar-refractivity contribution in [1.82, 2.24) is 0 Å². The van der Waals surface area contributed by atoms with Gasteiger partial charge in [0.05, 0.1) is 17.3 Å². The average molecular weight is 313 g/mol. The van der Waals surface area contributed by atoms with Crippen molar-refractivity contribution in [3.8, 4) is 6.07 Å². The van der Waals surface area contributed by atoms with Crippen molar-refractivity contribution in [1.29, 1.82) is 5.26 Å². The summed E-state index contributed by atoms with van der Waals surface area (Å²) in [5.74, 6) is 0. The maximum absolute atomic E-state index is 12.6. The first-order valence-corrected chi connectivity index (χ1v) is 6.92. The van der Waals surface area contributed by atoms with E-state index in [0.717, 1.165) is 12.1 Å². The Bertz CT molecular complexity index is 518. The van der Waals surface area contributed by atoms with E-state index in [-0.39, 0.29) is 6.61 Å². The summed E-state index contributed by atoms with van der Waals surface area (Å²) in [7, 11) is 0. The Kier molecular flexibility index (Phi) is 7.40. The van der Waals surface area contributed by atoms with Crippen molar-refractivity contribution in [2.75, 3.05) is 13.2 Å². The van der Waals surface area contributed by atoms with Gasteiger partial charge in [0.15, 0.2) is 0 Å². The van der Waals surface area contributed by atoms with Crippen molar-refractivity contribution in [2.24, 2.45) is 10.9 Å². The molecule has 0 heterocycles. The van der Waals surface area contributed by atoms with Crippen LogP contribution in [0.5, 0.6) is 0 Å². The van der Waals surface area contributed by atoms with Crippen LogP contribution in [0.15, 0.2) is 29.4 Å². The van der Waals surface area contributed by atoms with Gasteiger partial charge in [0.25, 0.3) is 0 Å². The van der Waals surface area contributed by atoms with E-state index in [1.807, 2.05) is 6.07 Å². The molecule has 1 rings (SSSR count). The fraction of sp³-hybridized carbons (Fsp3) is 0.467. The fourth-order valence-electron chi connectivity index (χ4n) is 1.77. The molecule has 0 aliphatic heterocycles. The second kappa shape index (κ2) is 9.05. The molecule has 0 saturated carbocycles. The van der Waals surface area contributed by atoms with E-state index >= 15 is 0 Å². The SMILES string of the molecule is N#CCCCCC(=NOCCN)c1ccc(C(F)(F)F)cc1. The minimum Gasteiger partial charge on any atom is -0.394 e. The molecule has 0 unspecified atom stereocenters. The van der Waals surface area contributed by atoms with E-state index in [0.29, 0.717) is 43.5 Å². The number of hydrogen-bond donors (Lipinski definition) is 1. The first kappa shape index (κ1) is 18.0. The molecule has 120 valence electrons. The fourth-order valence-corrected chi connectivity index (χ4v) is 1.77. The summed E-state index contributed by atoms with van der Waals surface area (Å²) in [6, 6.07) is 6.82. The Labute approximate surface area is 127 Å². The Morgan fingerprint density at radius 2 is 1.91 bits per heavy atom. The monoisotopic (exact) mass is 313 g/mol. The average Bonchev–Trinajstić information content (AvgIpc) is 2.49. The van der Waals surface area contributed by atoms with Crippen LogP contribution in [0, 0.1) is 11.3 Å². The van der Waals surface area contributed by atoms with Gasteiger partial charge in [-0.2, -0.15) is 18.4 Å². The van der Waals surface area contributed by atoms with Gasteiger partial charge in [-0.3, -0.25) is 0 Å². The van der Waals surface area contributed by atoms with Crippen LogP contribution in [0.25, 0.3) is 0 Å². The van der Waals surface area contributed by atoms with Crippen LogP contribution in [-0.4, -0.2) is 18.9 Å². The largest absolute Gasteiger partial charge is 0.416 e. The number of rotatable bonds is 8. The lowest BCUT2D eigenvalue weighted by molar-refractivity contribution is -0.137. The number of benzene rings is 1. The van der Waals surface area contributed by atoms with Gasteiger partial charge in [0.1, 0.15) is 6.61 Å². The zero-order valence-corrected chi connectivity index (χ0v) is 12.1. The zero-order chi connectivity index (χ0) is 16.4. The minimum atomic E-state index is -4.36. The molecule has 0 spiro atoms. The third-order valence-electron chi connectivity index (χ3n) is 2.88. The lowest BCUT2D eigenvalue weighted by Gasteiger charge is -2.09. The zero-order valence-electron chi connectivity index (χ0n) is 12.1. The van der Waals surface area contributed by atoms with Crippen molar-refractivity contribution in [3.05, 3.63) is 35.4 Å². The topological polar surface area (TPSA) is 71.4 Å². The number of oxime groups is 1. The Hall–Kier alpha value is -2.07. The first-order chi connectivity index (χ1) is 10.5. The van der Waals surface area contributed by atoms with Gasteiger partial charge >= 0.3 is 6.18 Å². The van der Waals surface area contributed by atoms with E-state index in [1.54, 1.807) is 0 Å². The van der Waals surface area contributed by atoms with Crippen LogP contribution in [0.2, 0.25) is 0 Å². The van der Waals surface area contributed by atoms with Crippen LogP contribution in [0.3, 0.4) is 0 Å². The van der Waals surface area contributed by atoms with E-state index in [9.17, 15) is 13.2 Å². The summed E-state index contributed by atoms with van der Waals surface area (Å²) in [6.07, 6.45) is -1.99. The Morgan fingerprint density at radius 3 is 2.45 bits per heavy atom. The molecule has 0 aliphatic carbocycles. The van der Waals surface area contributed by atoms with E-state index < -0.39 is 11.7 Å². The van der Waals surface area contributed by atoms with Gasteiger partial charge in [0, 0.05) is 13.0 Å². The Balaban J connectivity index is 2.81. The van der Waals surface area contributed by atoms with Crippen LogP contribution >= 0.6 is 0 Å². The lowest BCUT2D eigenvalue weighted by Crippen LogP contribution is -2.09. The summed E-state index contributed by atoms with van der Waals surface area (Å²) in [5, 5.41) is 12.4. The van der Waals surface area contributed by atoms with Crippen LogP contribution in [0.4, 0.5) is 13.2 Å². The molecular weight excluding hydrogens is 295 g/mol. The maximum Gasteiger partial charge on any atom is 0.416 e. The predicted molar refractivity (Wildman–Crippen MR) is 77.1 cm³/mol. The number of halogens is 3. The van der Waals surface area contributed by atoms with Gasteiger partial charge in [-0.15, -0.1) is 0 Å². The number of unbranched alkanes of at least 4 members (excludes halogenated alkanes) is 2. The highest BCUT2D eigenvalue weighted by Crippen LogP contribution is 2.29. The molecule has 0 atom stereocenters. The van der Waals surface area contributed by atoms with E-state index in [2.05, 4.69) is 5.16 Å². The molecule has 1 aromatic carbocycles. The third kappa shape index (κ3) is 6.14. The highest BCUT2D eigenvalue weighted by atomic mass is 19.4. The second-order valence-corrected chi connectivity index (χ2v) is 4.60. The number of alkyl halides is 3. The quantitative estimate of drug-likeness (QED) is 0.454. The van der Waals surface area contributed by atoms with Crippen molar-refractivity contribution < 1.29 is 18.0 Å². The molecule has 22 heavy (non-hydrogen) atoms. The normalized spacial score (nSPS) is 12.0. The Morgan fingerprint density at radius 1 is 1.23 bits per heavy atom. The van der Waals surface area contributed by atoms with E-state index in [4.69, 9.17) is 15.8 Å². The summed E-state index contributed by atoms with van der Waals surface area (Å²) < 4.78 is 37.7. The molecule has 7 heteroatoms. The summed E-state index contributed by atoms with van der Waals surface area (Å²) >= 11 is 0. The van der Waals surface area contributed by atoms with Crippen molar-refractivity contribution in [2.45, 2.75) is 31.9 Å². The highest BCUT2D eigenvalue weighted by Gasteiger charge is 2.30. The van der Waals surface area contributed by atoms with Crippen LogP contribution < -0.4 is 5.73 Å². The molecule has 1 aromatic rings. The molecule has 0 aromatic heterocycles. The molecule has 0 fully saturated rings. The summed E-state index contributed by atoms with van der Waals surface area (Å²) in [5.41, 5.74) is 5.73. The summed E-state index contributed by atoms with van der Waals surface area (Å²) in [4.78, 5) is 5.03. The van der Waals surface area contributed by atoms with Gasteiger partial charge in [-0.25, -0.2) is 0 Å². The molecule has 0 aliphatic rings. The molecule has 0 bridgehead atoms.